The number of carbonyl (C=O) groups excluding carboxylic acids is 1. The van der Waals surface area contributed by atoms with Crippen LogP contribution in [0.25, 0.3) is 0 Å². The molecule has 0 spiro atoms. The van der Waals surface area contributed by atoms with E-state index >= 15 is 0 Å². The maximum atomic E-state index is 11.6. The molecule has 14 heavy (non-hydrogen) atoms. The minimum Gasteiger partial charge on any atom is -0.348 e. The highest BCUT2D eigenvalue weighted by Gasteiger charge is 2.09. The smallest absolute Gasteiger partial charge is 0.251 e. The van der Waals surface area contributed by atoms with Gasteiger partial charge in [0.2, 0.25) is 0 Å². The fourth-order valence-electron chi connectivity index (χ4n) is 1.11. The molecule has 1 amide bonds. The van der Waals surface area contributed by atoms with E-state index in [1.54, 1.807) is 12.1 Å². The Kier molecular flexibility index (Phi) is 4.47. The zero-order chi connectivity index (χ0) is 10.4. The molecule has 1 aromatic carbocycles. The summed E-state index contributed by atoms with van der Waals surface area (Å²) in [5.41, 5.74) is 0.677. The van der Waals surface area contributed by atoms with E-state index in [9.17, 15) is 4.79 Å². The summed E-state index contributed by atoms with van der Waals surface area (Å²) in [5, 5.41) is 2.86. The molecule has 0 saturated heterocycles. The molecule has 1 aromatic rings. The highest BCUT2D eigenvalue weighted by atomic mass is 35.5. The lowest BCUT2D eigenvalue weighted by molar-refractivity contribution is 0.0940. The molecule has 0 unspecified atom stereocenters. The lowest BCUT2D eigenvalue weighted by Crippen LogP contribution is -2.35. The van der Waals surface area contributed by atoms with E-state index in [0.717, 1.165) is 6.42 Å². The summed E-state index contributed by atoms with van der Waals surface area (Å²) in [6.45, 7) is 2.00. The summed E-state index contributed by atoms with van der Waals surface area (Å²) in [6.07, 6.45) is 0.849. The van der Waals surface area contributed by atoms with E-state index < -0.39 is 0 Å². The maximum Gasteiger partial charge on any atom is 0.251 e. The molecular formula is C11H14ClNO. The zero-order valence-corrected chi connectivity index (χ0v) is 8.92. The van der Waals surface area contributed by atoms with Crippen molar-refractivity contribution in [3.63, 3.8) is 0 Å². The van der Waals surface area contributed by atoms with Gasteiger partial charge in [0.1, 0.15) is 0 Å². The van der Waals surface area contributed by atoms with E-state index in [2.05, 4.69) is 5.32 Å². The molecule has 0 aliphatic rings. The van der Waals surface area contributed by atoms with Crippen LogP contribution in [0, 0.1) is 0 Å². The Morgan fingerprint density at radius 1 is 1.43 bits per heavy atom. The van der Waals surface area contributed by atoms with Gasteiger partial charge in [0.15, 0.2) is 0 Å². The van der Waals surface area contributed by atoms with Crippen molar-refractivity contribution in [2.75, 3.05) is 5.88 Å². The van der Waals surface area contributed by atoms with Crippen molar-refractivity contribution < 1.29 is 4.79 Å². The average Bonchev–Trinajstić information content (AvgIpc) is 2.26. The molecule has 0 bridgehead atoms. The van der Waals surface area contributed by atoms with Gasteiger partial charge < -0.3 is 5.32 Å². The Hall–Kier alpha value is -1.02. The van der Waals surface area contributed by atoms with Gasteiger partial charge in [-0.05, 0) is 18.6 Å². The van der Waals surface area contributed by atoms with Gasteiger partial charge in [0.05, 0.1) is 0 Å². The van der Waals surface area contributed by atoms with Crippen molar-refractivity contribution in [2.24, 2.45) is 0 Å². The first-order valence-corrected chi connectivity index (χ1v) is 5.23. The summed E-state index contributed by atoms with van der Waals surface area (Å²) in [5.74, 6) is 0.396. The number of hydrogen-bond donors (Lipinski definition) is 1. The van der Waals surface area contributed by atoms with Crippen LogP contribution in [-0.2, 0) is 0 Å². The number of alkyl halides is 1. The summed E-state index contributed by atoms with van der Waals surface area (Å²) >= 11 is 5.68. The van der Waals surface area contributed by atoms with Gasteiger partial charge in [-0.25, -0.2) is 0 Å². The molecule has 1 rings (SSSR count). The highest BCUT2D eigenvalue weighted by Crippen LogP contribution is 2.01. The lowest BCUT2D eigenvalue weighted by atomic mass is 10.2. The van der Waals surface area contributed by atoms with Crippen LogP contribution in [0.5, 0.6) is 0 Å². The largest absolute Gasteiger partial charge is 0.348 e. The van der Waals surface area contributed by atoms with Crippen molar-refractivity contribution in [3.05, 3.63) is 35.9 Å². The van der Waals surface area contributed by atoms with Crippen LogP contribution in [0.4, 0.5) is 0 Å². The number of nitrogens with one attached hydrogen (secondary N) is 1. The Labute approximate surface area is 89.3 Å². The molecular weight excluding hydrogens is 198 g/mol. The quantitative estimate of drug-likeness (QED) is 0.762. The SMILES string of the molecule is CC[C@@H](CCl)NC(=O)c1ccccc1. The second kappa shape index (κ2) is 5.66. The minimum absolute atomic E-state index is 0.0573. The highest BCUT2D eigenvalue weighted by molar-refractivity contribution is 6.18. The van der Waals surface area contributed by atoms with Crippen LogP contribution >= 0.6 is 11.6 Å². The molecule has 1 N–H and O–H groups in total. The first-order valence-electron chi connectivity index (χ1n) is 4.69. The average molecular weight is 212 g/mol. The fraction of sp³-hybridized carbons (Fsp3) is 0.364. The van der Waals surface area contributed by atoms with Gasteiger partial charge in [-0.15, -0.1) is 11.6 Å². The molecule has 0 aromatic heterocycles. The zero-order valence-electron chi connectivity index (χ0n) is 8.16. The topological polar surface area (TPSA) is 29.1 Å². The number of amides is 1. The third kappa shape index (κ3) is 3.04. The summed E-state index contributed by atoms with van der Waals surface area (Å²) in [4.78, 5) is 11.6. The Bertz CT molecular complexity index is 283. The van der Waals surface area contributed by atoms with Crippen LogP contribution in [0.1, 0.15) is 23.7 Å². The Morgan fingerprint density at radius 3 is 2.57 bits per heavy atom. The molecule has 0 saturated carbocycles. The van der Waals surface area contributed by atoms with Crippen molar-refractivity contribution in [3.8, 4) is 0 Å². The second-order valence-electron chi connectivity index (χ2n) is 3.10. The van der Waals surface area contributed by atoms with Crippen LogP contribution in [0.2, 0.25) is 0 Å². The number of hydrogen-bond acceptors (Lipinski definition) is 1. The number of halogens is 1. The molecule has 2 nitrogen and oxygen atoms in total. The first kappa shape index (κ1) is 11.1. The van der Waals surface area contributed by atoms with Gasteiger partial charge in [0.25, 0.3) is 5.91 Å². The second-order valence-corrected chi connectivity index (χ2v) is 3.41. The molecule has 0 aliphatic carbocycles. The van der Waals surface area contributed by atoms with Gasteiger partial charge >= 0.3 is 0 Å². The molecule has 1 atom stereocenters. The van der Waals surface area contributed by atoms with E-state index in [1.807, 2.05) is 25.1 Å². The third-order valence-electron chi connectivity index (χ3n) is 2.05. The summed E-state index contributed by atoms with van der Waals surface area (Å²) in [7, 11) is 0. The molecule has 76 valence electrons. The summed E-state index contributed by atoms with van der Waals surface area (Å²) < 4.78 is 0. The van der Waals surface area contributed by atoms with Crippen LogP contribution < -0.4 is 5.32 Å². The molecule has 0 heterocycles. The maximum absolute atomic E-state index is 11.6. The Balaban J connectivity index is 2.59. The monoisotopic (exact) mass is 211 g/mol. The third-order valence-corrected chi connectivity index (χ3v) is 2.42. The van der Waals surface area contributed by atoms with E-state index in [0.29, 0.717) is 11.4 Å². The predicted molar refractivity (Wildman–Crippen MR) is 58.7 cm³/mol. The summed E-state index contributed by atoms with van der Waals surface area (Å²) in [6, 6.07) is 9.21. The van der Waals surface area contributed by atoms with Gasteiger partial charge in [-0.2, -0.15) is 0 Å². The van der Waals surface area contributed by atoms with Gasteiger partial charge in [-0.3, -0.25) is 4.79 Å². The van der Waals surface area contributed by atoms with Crippen LogP contribution in [-0.4, -0.2) is 17.8 Å². The standard InChI is InChI=1S/C11H14ClNO/c1-2-10(8-12)13-11(14)9-6-4-3-5-7-9/h3-7,10H,2,8H2,1H3,(H,13,14)/t10-/m0/s1. The first-order chi connectivity index (χ1) is 6.77. The van der Waals surface area contributed by atoms with Gasteiger partial charge in [0, 0.05) is 17.5 Å². The van der Waals surface area contributed by atoms with Crippen LogP contribution in [0.15, 0.2) is 30.3 Å². The Morgan fingerprint density at radius 2 is 2.07 bits per heavy atom. The number of carbonyl (C=O) groups is 1. The van der Waals surface area contributed by atoms with E-state index in [-0.39, 0.29) is 11.9 Å². The molecule has 3 heteroatoms. The normalized spacial score (nSPS) is 12.1. The molecule has 0 fully saturated rings. The van der Waals surface area contributed by atoms with E-state index in [4.69, 9.17) is 11.6 Å². The van der Waals surface area contributed by atoms with Crippen molar-refractivity contribution in [1.82, 2.24) is 5.32 Å². The molecule has 0 aliphatic heterocycles. The van der Waals surface area contributed by atoms with Gasteiger partial charge in [-0.1, -0.05) is 25.1 Å². The van der Waals surface area contributed by atoms with E-state index in [1.165, 1.54) is 0 Å². The lowest BCUT2D eigenvalue weighted by Gasteiger charge is -2.13. The minimum atomic E-state index is -0.0573. The number of rotatable bonds is 4. The predicted octanol–water partition coefficient (Wildman–Crippen LogP) is 2.43. The van der Waals surface area contributed by atoms with Crippen molar-refractivity contribution in [1.29, 1.82) is 0 Å². The fourth-order valence-corrected chi connectivity index (χ4v) is 1.40. The van der Waals surface area contributed by atoms with Crippen molar-refractivity contribution >= 4 is 17.5 Å². The molecule has 0 radical (unpaired) electrons. The number of benzene rings is 1. The van der Waals surface area contributed by atoms with Crippen molar-refractivity contribution in [2.45, 2.75) is 19.4 Å². The van der Waals surface area contributed by atoms with Crippen LogP contribution in [0.3, 0.4) is 0 Å².